The summed E-state index contributed by atoms with van der Waals surface area (Å²) >= 11 is 1.30. The normalized spacial score (nSPS) is 9.60. The van der Waals surface area contributed by atoms with Crippen LogP contribution in [0.5, 0.6) is 0 Å². The lowest BCUT2D eigenvalue weighted by Gasteiger charge is -2.18. The van der Waals surface area contributed by atoms with Gasteiger partial charge in [-0.1, -0.05) is 11.8 Å². The number of hydrogen-bond acceptors (Lipinski definition) is 4. The molecule has 0 saturated heterocycles. The molecule has 0 spiro atoms. The molecule has 5 nitrogen and oxygen atoms in total. The van der Waals surface area contributed by atoms with E-state index < -0.39 is 0 Å². The highest BCUT2D eigenvalue weighted by Gasteiger charge is 2.19. The van der Waals surface area contributed by atoms with Crippen LogP contribution >= 0.6 is 11.3 Å². The quantitative estimate of drug-likeness (QED) is 0.829. The van der Waals surface area contributed by atoms with Crippen molar-refractivity contribution in [3.05, 3.63) is 21.9 Å². The van der Waals surface area contributed by atoms with E-state index in [-0.39, 0.29) is 25.0 Å². The van der Waals surface area contributed by atoms with Crippen LogP contribution in [-0.2, 0) is 4.79 Å². The van der Waals surface area contributed by atoms with Gasteiger partial charge in [-0.15, -0.1) is 11.3 Å². The number of aliphatic hydroxyl groups excluding tert-OH is 1. The molecule has 1 rings (SSSR count). The van der Waals surface area contributed by atoms with Gasteiger partial charge in [0.2, 0.25) is 5.91 Å². The van der Waals surface area contributed by atoms with Crippen molar-refractivity contribution in [2.45, 2.75) is 6.42 Å². The van der Waals surface area contributed by atoms with Crippen molar-refractivity contribution in [3.8, 4) is 11.8 Å². The average molecular weight is 294 g/mol. The van der Waals surface area contributed by atoms with E-state index in [1.54, 1.807) is 32.6 Å². The fourth-order valence-electron chi connectivity index (χ4n) is 1.38. The first-order valence-electron chi connectivity index (χ1n) is 6.10. The molecule has 0 saturated carbocycles. The Kier molecular flexibility index (Phi) is 6.22. The molecule has 20 heavy (non-hydrogen) atoms. The first-order valence-corrected chi connectivity index (χ1v) is 6.98. The monoisotopic (exact) mass is 294 g/mol. The summed E-state index contributed by atoms with van der Waals surface area (Å²) in [6.45, 7) is 0.0326. The fourth-order valence-corrected chi connectivity index (χ4v) is 2.22. The third-order valence-corrected chi connectivity index (χ3v) is 3.44. The molecule has 108 valence electrons. The Balaban J connectivity index is 2.80. The number of rotatable bonds is 4. The Morgan fingerprint density at radius 3 is 2.65 bits per heavy atom. The first-order chi connectivity index (χ1) is 9.47. The number of thiophene rings is 1. The minimum Gasteiger partial charge on any atom is -0.395 e. The number of nitrogens with zero attached hydrogens (tertiary/aromatic N) is 2. The zero-order valence-corrected chi connectivity index (χ0v) is 12.7. The Morgan fingerprint density at radius 1 is 1.35 bits per heavy atom. The third-order valence-electron chi connectivity index (χ3n) is 2.54. The largest absolute Gasteiger partial charge is 0.395 e. The summed E-state index contributed by atoms with van der Waals surface area (Å²) in [5, 5.41) is 10.5. The summed E-state index contributed by atoms with van der Waals surface area (Å²) in [5.74, 6) is 5.30. The molecule has 1 aromatic rings. The van der Waals surface area contributed by atoms with Crippen LogP contribution in [0.2, 0.25) is 0 Å². The number of aliphatic hydroxyl groups is 1. The van der Waals surface area contributed by atoms with Crippen LogP contribution in [0.1, 0.15) is 21.7 Å². The van der Waals surface area contributed by atoms with Crippen molar-refractivity contribution in [1.29, 1.82) is 0 Å². The van der Waals surface area contributed by atoms with E-state index >= 15 is 0 Å². The van der Waals surface area contributed by atoms with Crippen molar-refractivity contribution in [3.63, 3.8) is 0 Å². The summed E-state index contributed by atoms with van der Waals surface area (Å²) in [4.78, 5) is 27.2. The number of amides is 2. The van der Waals surface area contributed by atoms with Crippen LogP contribution in [0.4, 0.5) is 0 Å². The number of carbonyl (C=O) groups excluding carboxylic acids is 2. The van der Waals surface area contributed by atoms with E-state index in [1.807, 2.05) is 0 Å². The van der Waals surface area contributed by atoms with Gasteiger partial charge < -0.3 is 14.9 Å². The van der Waals surface area contributed by atoms with Crippen LogP contribution in [0, 0.1) is 11.8 Å². The molecule has 0 bridgehead atoms. The van der Waals surface area contributed by atoms with Crippen molar-refractivity contribution in [2.24, 2.45) is 0 Å². The van der Waals surface area contributed by atoms with Gasteiger partial charge in [0.05, 0.1) is 13.2 Å². The van der Waals surface area contributed by atoms with Gasteiger partial charge in [-0.25, -0.2) is 0 Å². The van der Waals surface area contributed by atoms with E-state index in [9.17, 15) is 9.59 Å². The number of carbonyl (C=O) groups is 2. The van der Waals surface area contributed by atoms with Crippen molar-refractivity contribution in [1.82, 2.24) is 9.80 Å². The number of likely N-dealkylation sites (N-methyl/N-ethyl adjacent to an activating group) is 2. The minimum atomic E-state index is -0.219. The van der Waals surface area contributed by atoms with Gasteiger partial charge in [-0.3, -0.25) is 9.59 Å². The molecule has 6 heteroatoms. The molecule has 0 aromatic carbocycles. The van der Waals surface area contributed by atoms with E-state index in [4.69, 9.17) is 5.11 Å². The highest BCUT2D eigenvalue weighted by Crippen LogP contribution is 2.17. The molecular formula is C14H18N2O3S. The van der Waals surface area contributed by atoms with E-state index in [0.717, 1.165) is 0 Å². The molecule has 0 aliphatic rings. The van der Waals surface area contributed by atoms with Gasteiger partial charge in [0.15, 0.2) is 0 Å². The molecule has 0 unspecified atom stereocenters. The van der Waals surface area contributed by atoms with Gasteiger partial charge in [0.1, 0.15) is 4.88 Å². The third kappa shape index (κ3) is 4.37. The van der Waals surface area contributed by atoms with E-state index in [2.05, 4.69) is 11.8 Å². The molecular weight excluding hydrogens is 276 g/mol. The van der Waals surface area contributed by atoms with Crippen LogP contribution in [0.25, 0.3) is 0 Å². The molecule has 1 aromatic heterocycles. The van der Waals surface area contributed by atoms with Gasteiger partial charge in [0, 0.05) is 33.1 Å². The maximum atomic E-state index is 12.3. The smallest absolute Gasteiger partial charge is 0.265 e. The van der Waals surface area contributed by atoms with E-state index in [1.165, 1.54) is 21.1 Å². The zero-order valence-electron chi connectivity index (χ0n) is 11.8. The summed E-state index contributed by atoms with van der Waals surface area (Å²) in [5.41, 5.74) is 0.637. The van der Waals surface area contributed by atoms with Gasteiger partial charge in [0.25, 0.3) is 5.91 Å². The maximum absolute atomic E-state index is 12.3. The molecule has 0 atom stereocenters. The lowest BCUT2D eigenvalue weighted by Crippen LogP contribution is -2.37. The second-order valence-electron chi connectivity index (χ2n) is 4.39. The van der Waals surface area contributed by atoms with Gasteiger partial charge >= 0.3 is 0 Å². The molecule has 0 radical (unpaired) electrons. The van der Waals surface area contributed by atoms with Crippen molar-refractivity contribution < 1.29 is 14.7 Å². The lowest BCUT2D eigenvalue weighted by atomic mass is 10.2. The topological polar surface area (TPSA) is 60.9 Å². The van der Waals surface area contributed by atoms with Crippen molar-refractivity contribution in [2.75, 3.05) is 34.3 Å². The summed E-state index contributed by atoms with van der Waals surface area (Å²) in [6, 6.07) is 1.77. The van der Waals surface area contributed by atoms with Crippen LogP contribution in [0.15, 0.2) is 11.4 Å². The summed E-state index contributed by atoms with van der Waals surface area (Å²) in [7, 11) is 4.89. The molecule has 0 aliphatic heterocycles. The van der Waals surface area contributed by atoms with Gasteiger partial charge in [-0.2, -0.15) is 0 Å². The van der Waals surface area contributed by atoms with Crippen LogP contribution < -0.4 is 0 Å². The van der Waals surface area contributed by atoms with E-state index in [0.29, 0.717) is 16.9 Å². The Hall–Kier alpha value is -1.84. The predicted octanol–water partition coefficient (Wildman–Crippen LogP) is 0.642. The molecule has 1 heterocycles. The second-order valence-corrected chi connectivity index (χ2v) is 5.30. The Morgan fingerprint density at radius 2 is 2.05 bits per heavy atom. The Bertz CT molecular complexity index is 540. The highest BCUT2D eigenvalue weighted by atomic mass is 32.1. The summed E-state index contributed by atoms with van der Waals surface area (Å²) < 4.78 is 0. The minimum absolute atomic E-state index is 0.00233. The van der Waals surface area contributed by atoms with Crippen LogP contribution in [0.3, 0.4) is 0 Å². The molecule has 1 N–H and O–H groups in total. The zero-order chi connectivity index (χ0) is 15.1. The first kappa shape index (κ1) is 16.2. The standard InChI is InChI=1S/C14H18N2O3S/c1-15(2)12(18)10-16(3)14(19)13-11(7-9-20-13)6-4-5-8-17/h7,9,17H,5,8,10H2,1-3H3. The molecule has 2 amide bonds. The Labute approximate surface area is 122 Å². The lowest BCUT2D eigenvalue weighted by molar-refractivity contribution is -0.129. The highest BCUT2D eigenvalue weighted by molar-refractivity contribution is 7.12. The maximum Gasteiger partial charge on any atom is 0.265 e. The van der Waals surface area contributed by atoms with Crippen LogP contribution in [-0.4, -0.2) is 61.0 Å². The molecule has 0 fully saturated rings. The average Bonchev–Trinajstić information content (AvgIpc) is 2.86. The summed E-state index contributed by atoms with van der Waals surface area (Å²) in [6.07, 6.45) is 0.373. The second kappa shape index (κ2) is 7.68. The fraction of sp³-hybridized carbons (Fsp3) is 0.429. The van der Waals surface area contributed by atoms with Gasteiger partial charge in [-0.05, 0) is 11.4 Å². The predicted molar refractivity (Wildman–Crippen MR) is 78.6 cm³/mol. The number of hydrogen-bond donors (Lipinski definition) is 1. The SMILES string of the molecule is CN(C)C(=O)CN(C)C(=O)c1sccc1C#CCCO. The van der Waals surface area contributed by atoms with Crippen molar-refractivity contribution >= 4 is 23.2 Å². The molecule has 0 aliphatic carbocycles.